The molecular weight excluding hydrogens is 260 g/mol. The van der Waals surface area contributed by atoms with Crippen LogP contribution in [-0.2, 0) is 4.79 Å². The number of hydrogen-bond acceptors (Lipinski definition) is 4. The van der Waals surface area contributed by atoms with E-state index in [0.29, 0.717) is 6.42 Å². The van der Waals surface area contributed by atoms with Gasteiger partial charge < -0.3 is 20.4 Å². The average molecular weight is 284 g/mol. The van der Waals surface area contributed by atoms with Crippen LogP contribution >= 0.6 is 0 Å². The molecule has 1 aliphatic carbocycles. The van der Waals surface area contributed by atoms with Crippen molar-refractivity contribution in [3.8, 4) is 0 Å². The molecule has 1 fully saturated rings. The van der Waals surface area contributed by atoms with Crippen LogP contribution in [0.15, 0.2) is 24.3 Å². The molecule has 0 spiro atoms. The maximum atomic E-state index is 10.8. The molecule has 0 radical (unpaired) electrons. The van der Waals surface area contributed by atoms with Gasteiger partial charge in [-0.3, -0.25) is 4.79 Å². The number of aliphatic carboxylic acids is 1. The predicted molar refractivity (Wildman–Crippen MR) is 75.1 cm³/mol. The number of rotatable bonds is 7. The largest absolute Gasteiger partial charge is 0.481 e. The third-order valence-corrected chi connectivity index (χ3v) is 3.66. The van der Waals surface area contributed by atoms with E-state index in [1.54, 1.807) is 12.2 Å². The Morgan fingerprint density at radius 2 is 2.00 bits per heavy atom. The molecule has 5 nitrogen and oxygen atoms in total. The molecule has 20 heavy (non-hydrogen) atoms. The summed E-state index contributed by atoms with van der Waals surface area (Å²) in [7, 11) is 0. The molecule has 0 saturated heterocycles. The molecule has 0 heterocycles. The van der Waals surface area contributed by atoms with Gasteiger partial charge in [-0.2, -0.15) is 0 Å². The summed E-state index contributed by atoms with van der Waals surface area (Å²) in [6, 6.07) is 0. The third-order valence-electron chi connectivity index (χ3n) is 3.66. The molecule has 1 aliphatic rings. The van der Waals surface area contributed by atoms with Crippen molar-refractivity contribution in [2.24, 2.45) is 11.8 Å². The summed E-state index contributed by atoms with van der Waals surface area (Å²) in [5, 5.41) is 38.3. The maximum absolute atomic E-state index is 10.8. The highest BCUT2D eigenvalue weighted by molar-refractivity contribution is 5.67. The predicted octanol–water partition coefficient (Wildman–Crippen LogP) is 1.09. The first-order valence-electron chi connectivity index (χ1n) is 7.05. The number of allylic oxidation sites excluding steroid dienone is 1. The fraction of sp³-hybridized carbons (Fsp3) is 0.667. The Balaban J connectivity index is 2.62. The molecule has 1 rings (SSSR count). The van der Waals surface area contributed by atoms with Crippen molar-refractivity contribution in [3.63, 3.8) is 0 Å². The zero-order valence-corrected chi connectivity index (χ0v) is 11.7. The number of aliphatic hydroxyl groups is 3. The molecule has 0 aromatic carbocycles. The minimum Gasteiger partial charge on any atom is -0.481 e. The molecule has 0 amide bonds. The van der Waals surface area contributed by atoms with Gasteiger partial charge in [-0.25, -0.2) is 0 Å². The standard InChI is InChI=1S/C15H24O5/c1-2-3-4-5-10(16)6-7-11-12(8-15(19)20)14(18)9-13(11)17/h3-4,6-7,10-14,16-18H,2,5,8-9H2,1H3,(H,19,20)/b4-3-,7-6+/t10-,11+,12+,13+,14-/m0/s1. The summed E-state index contributed by atoms with van der Waals surface area (Å²) in [5.41, 5.74) is 0. The van der Waals surface area contributed by atoms with E-state index in [-0.39, 0.29) is 12.8 Å². The molecule has 0 bridgehead atoms. The van der Waals surface area contributed by atoms with Crippen molar-refractivity contribution in [3.05, 3.63) is 24.3 Å². The second-order valence-corrected chi connectivity index (χ2v) is 5.28. The Bertz CT molecular complexity index is 363. The first kappa shape index (κ1) is 16.9. The van der Waals surface area contributed by atoms with E-state index in [1.807, 2.05) is 19.1 Å². The van der Waals surface area contributed by atoms with Crippen molar-refractivity contribution in [1.29, 1.82) is 0 Å². The van der Waals surface area contributed by atoms with Crippen molar-refractivity contribution in [1.82, 2.24) is 0 Å². The van der Waals surface area contributed by atoms with Crippen LogP contribution in [0, 0.1) is 11.8 Å². The monoisotopic (exact) mass is 284 g/mol. The van der Waals surface area contributed by atoms with Gasteiger partial charge in [0, 0.05) is 18.3 Å². The van der Waals surface area contributed by atoms with Crippen LogP contribution in [0.3, 0.4) is 0 Å². The van der Waals surface area contributed by atoms with Gasteiger partial charge in [-0.1, -0.05) is 31.2 Å². The average Bonchev–Trinajstić information content (AvgIpc) is 2.62. The number of hydrogen-bond donors (Lipinski definition) is 4. The normalized spacial score (nSPS) is 32.2. The van der Waals surface area contributed by atoms with Gasteiger partial charge in [0.25, 0.3) is 0 Å². The molecule has 0 unspecified atom stereocenters. The van der Waals surface area contributed by atoms with Gasteiger partial charge >= 0.3 is 5.97 Å². The minimum absolute atomic E-state index is 0.179. The molecule has 1 saturated carbocycles. The van der Waals surface area contributed by atoms with E-state index in [1.165, 1.54) is 0 Å². The van der Waals surface area contributed by atoms with E-state index in [0.717, 1.165) is 6.42 Å². The molecule has 5 atom stereocenters. The first-order chi connectivity index (χ1) is 9.45. The third kappa shape index (κ3) is 5.07. The number of aliphatic hydroxyl groups excluding tert-OH is 3. The van der Waals surface area contributed by atoms with Gasteiger partial charge in [0.2, 0.25) is 0 Å². The summed E-state index contributed by atoms with van der Waals surface area (Å²) in [5.74, 6) is -1.92. The minimum atomic E-state index is -0.993. The molecule has 0 aromatic heterocycles. The van der Waals surface area contributed by atoms with Crippen LogP contribution < -0.4 is 0 Å². The summed E-state index contributed by atoms with van der Waals surface area (Å²) < 4.78 is 0. The lowest BCUT2D eigenvalue weighted by Crippen LogP contribution is -2.23. The molecule has 0 aliphatic heterocycles. The molecule has 114 valence electrons. The van der Waals surface area contributed by atoms with Crippen LogP contribution in [0.25, 0.3) is 0 Å². The highest BCUT2D eigenvalue weighted by atomic mass is 16.4. The second kappa shape index (κ2) is 8.19. The molecular formula is C15H24O5. The fourth-order valence-electron chi connectivity index (χ4n) is 2.60. The van der Waals surface area contributed by atoms with Gasteiger partial charge in [0.05, 0.1) is 24.7 Å². The van der Waals surface area contributed by atoms with E-state index in [4.69, 9.17) is 5.11 Å². The summed E-state index contributed by atoms with van der Waals surface area (Å²) in [6.45, 7) is 2.01. The van der Waals surface area contributed by atoms with Crippen LogP contribution in [-0.4, -0.2) is 44.7 Å². The molecule has 0 aromatic rings. The van der Waals surface area contributed by atoms with E-state index < -0.39 is 36.1 Å². The summed E-state index contributed by atoms with van der Waals surface area (Å²) in [4.78, 5) is 10.8. The van der Waals surface area contributed by atoms with Gasteiger partial charge in [-0.05, 0) is 12.8 Å². The van der Waals surface area contributed by atoms with Gasteiger partial charge in [0.15, 0.2) is 0 Å². The number of carbonyl (C=O) groups is 1. The zero-order valence-electron chi connectivity index (χ0n) is 11.7. The van der Waals surface area contributed by atoms with Crippen molar-refractivity contribution < 1.29 is 25.2 Å². The highest BCUT2D eigenvalue weighted by Gasteiger charge is 2.41. The Morgan fingerprint density at radius 1 is 1.30 bits per heavy atom. The van der Waals surface area contributed by atoms with E-state index in [9.17, 15) is 20.1 Å². The Hall–Kier alpha value is -1.17. The smallest absolute Gasteiger partial charge is 0.303 e. The first-order valence-corrected chi connectivity index (χ1v) is 7.05. The van der Waals surface area contributed by atoms with E-state index in [2.05, 4.69) is 0 Å². The molecule has 4 N–H and O–H groups in total. The van der Waals surface area contributed by atoms with Crippen LogP contribution in [0.5, 0.6) is 0 Å². The van der Waals surface area contributed by atoms with Crippen LogP contribution in [0.4, 0.5) is 0 Å². The number of carboxylic acid groups (broad SMARTS) is 1. The quantitative estimate of drug-likeness (QED) is 0.525. The van der Waals surface area contributed by atoms with Gasteiger partial charge in [-0.15, -0.1) is 0 Å². The lowest BCUT2D eigenvalue weighted by atomic mass is 9.90. The Morgan fingerprint density at radius 3 is 2.60 bits per heavy atom. The lowest BCUT2D eigenvalue weighted by molar-refractivity contribution is -0.139. The SMILES string of the molecule is CC/C=C\C[C@H](O)/C=C/[C@@H]1[C@@H](CC(=O)O)[C@@H](O)C[C@H]1O. The number of carboxylic acids is 1. The Labute approximate surface area is 119 Å². The molecule has 5 heteroatoms. The second-order valence-electron chi connectivity index (χ2n) is 5.28. The lowest BCUT2D eigenvalue weighted by Gasteiger charge is -2.19. The summed E-state index contributed by atoms with van der Waals surface area (Å²) in [6.07, 6.45) is 6.20. The van der Waals surface area contributed by atoms with Crippen molar-refractivity contribution >= 4 is 5.97 Å². The summed E-state index contributed by atoms with van der Waals surface area (Å²) >= 11 is 0. The highest BCUT2D eigenvalue weighted by Crippen LogP contribution is 2.36. The van der Waals surface area contributed by atoms with E-state index >= 15 is 0 Å². The Kier molecular flexibility index (Phi) is 6.91. The topological polar surface area (TPSA) is 98.0 Å². The maximum Gasteiger partial charge on any atom is 0.303 e. The van der Waals surface area contributed by atoms with Gasteiger partial charge in [0.1, 0.15) is 0 Å². The van der Waals surface area contributed by atoms with Crippen LogP contribution in [0.2, 0.25) is 0 Å². The fourth-order valence-corrected chi connectivity index (χ4v) is 2.60. The van der Waals surface area contributed by atoms with Crippen LogP contribution in [0.1, 0.15) is 32.6 Å². The zero-order chi connectivity index (χ0) is 15.1. The van der Waals surface area contributed by atoms with Crippen molar-refractivity contribution in [2.75, 3.05) is 0 Å². The van der Waals surface area contributed by atoms with Crippen molar-refractivity contribution in [2.45, 2.75) is 50.9 Å².